The fraction of sp³-hybridized carbons (Fsp3) is 0.278. The van der Waals surface area contributed by atoms with Gasteiger partial charge in [-0.1, -0.05) is 38.1 Å². The smallest absolute Gasteiger partial charge is 0.159 e. The second kappa shape index (κ2) is 5.58. The van der Waals surface area contributed by atoms with Gasteiger partial charge in [-0.05, 0) is 48.6 Å². The topological polar surface area (TPSA) is 17.1 Å². The number of ketones is 1. The van der Waals surface area contributed by atoms with Crippen molar-refractivity contribution in [2.24, 2.45) is 0 Å². The van der Waals surface area contributed by atoms with Crippen molar-refractivity contribution in [1.29, 1.82) is 0 Å². The molecule has 0 bridgehead atoms. The van der Waals surface area contributed by atoms with Crippen LogP contribution in [0.25, 0.3) is 11.1 Å². The molecule has 104 valence electrons. The molecule has 0 amide bonds. The highest BCUT2D eigenvalue weighted by atomic mass is 19.1. The summed E-state index contributed by atoms with van der Waals surface area (Å²) >= 11 is 0. The van der Waals surface area contributed by atoms with Crippen LogP contribution in [0.4, 0.5) is 4.39 Å². The Morgan fingerprint density at radius 3 is 2.30 bits per heavy atom. The van der Waals surface area contributed by atoms with Crippen LogP contribution in [0.3, 0.4) is 0 Å². The van der Waals surface area contributed by atoms with Crippen LogP contribution in [-0.2, 0) is 0 Å². The Bertz CT molecular complexity index is 656. The summed E-state index contributed by atoms with van der Waals surface area (Å²) in [6.07, 6.45) is 0. The molecule has 0 saturated carbocycles. The van der Waals surface area contributed by atoms with Crippen molar-refractivity contribution in [2.75, 3.05) is 0 Å². The van der Waals surface area contributed by atoms with Crippen molar-refractivity contribution in [2.45, 2.75) is 33.6 Å². The van der Waals surface area contributed by atoms with E-state index < -0.39 is 0 Å². The summed E-state index contributed by atoms with van der Waals surface area (Å²) < 4.78 is 14.7. The van der Waals surface area contributed by atoms with Gasteiger partial charge in [-0.3, -0.25) is 4.79 Å². The number of hydrogen-bond donors (Lipinski definition) is 0. The molecule has 2 rings (SSSR count). The Kier molecular flexibility index (Phi) is 4.03. The fourth-order valence-corrected chi connectivity index (χ4v) is 2.34. The highest BCUT2D eigenvalue weighted by Crippen LogP contribution is 2.32. The monoisotopic (exact) mass is 270 g/mol. The van der Waals surface area contributed by atoms with E-state index in [2.05, 4.69) is 0 Å². The minimum atomic E-state index is -0.223. The summed E-state index contributed by atoms with van der Waals surface area (Å²) in [5, 5.41) is 0. The number of benzene rings is 2. The van der Waals surface area contributed by atoms with Crippen LogP contribution in [0.2, 0.25) is 0 Å². The Labute approximate surface area is 119 Å². The van der Waals surface area contributed by atoms with Crippen molar-refractivity contribution >= 4 is 5.78 Å². The number of rotatable bonds is 3. The van der Waals surface area contributed by atoms with Crippen LogP contribution in [-0.4, -0.2) is 5.78 Å². The molecule has 2 aromatic rings. The lowest BCUT2D eigenvalue weighted by molar-refractivity contribution is 0.101. The standard InChI is InChI=1S/C18H19FO/c1-11(2)16-9-14(13(4)20)10-17(18(16)19)15-8-6-5-7-12(15)3/h5-11H,1-4H3. The molecule has 0 spiro atoms. The first-order chi connectivity index (χ1) is 9.41. The van der Waals surface area contributed by atoms with Crippen LogP contribution in [0.1, 0.15) is 48.2 Å². The SMILES string of the molecule is CC(=O)c1cc(-c2ccccc2C)c(F)c(C(C)C)c1. The predicted molar refractivity (Wildman–Crippen MR) is 80.7 cm³/mol. The Balaban J connectivity index is 2.75. The van der Waals surface area contributed by atoms with Crippen molar-refractivity contribution < 1.29 is 9.18 Å². The molecule has 0 saturated heterocycles. The number of carbonyl (C=O) groups is 1. The first kappa shape index (κ1) is 14.4. The number of Topliss-reactive ketones (excluding diaryl/α,β-unsaturated/α-hetero) is 1. The lowest BCUT2D eigenvalue weighted by Gasteiger charge is -2.15. The Morgan fingerprint density at radius 2 is 1.75 bits per heavy atom. The second-order valence-electron chi connectivity index (χ2n) is 5.45. The number of hydrogen-bond acceptors (Lipinski definition) is 1. The molecule has 0 aliphatic heterocycles. The Morgan fingerprint density at radius 1 is 1.10 bits per heavy atom. The summed E-state index contributed by atoms with van der Waals surface area (Å²) in [7, 11) is 0. The first-order valence-electron chi connectivity index (χ1n) is 6.82. The molecule has 0 atom stereocenters. The maximum Gasteiger partial charge on any atom is 0.159 e. The normalized spacial score (nSPS) is 10.9. The molecule has 0 aliphatic carbocycles. The largest absolute Gasteiger partial charge is 0.295 e. The summed E-state index contributed by atoms with van der Waals surface area (Å²) in [5.74, 6) is -0.224. The molecule has 2 heteroatoms. The van der Waals surface area contributed by atoms with Gasteiger partial charge in [0.25, 0.3) is 0 Å². The van der Waals surface area contributed by atoms with E-state index >= 15 is 0 Å². The molecule has 0 N–H and O–H groups in total. The maximum absolute atomic E-state index is 14.7. The van der Waals surface area contributed by atoms with Crippen molar-refractivity contribution in [3.8, 4) is 11.1 Å². The van der Waals surface area contributed by atoms with E-state index in [1.807, 2.05) is 45.0 Å². The van der Waals surface area contributed by atoms with Gasteiger partial charge < -0.3 is 0 Å². The van der Waals surface area contributed by atoms with E-state index in [4.69, 9.17) is 0 Å². The van der Waals surface area contributed by atoms with Gasteiger partial charge in [-0.25, -0.2) is 4.39 Å². The second-order valence-corrected chi connectivity index (χ2v) is 5.45. The molecule has 1 nitrogen and oxygen atoms in total. The number of aryl methyl sites for hydroxylation is 1. The van der Waals surface area contributed by atoms with E-state index in [0.29, 0.717) is 16.7 Å². The maximum atomic E-state index is 14.7. The van der Waals surface area contributed by atoms with Gasteiger partial charge in [0, 0.05) is 11.1 Å². The van der Waals surface area contributed by atoms with Crippen LogP contribution in [0.15, 0.2) is 36.4 Å². The third-order valence-corrected chi connectivity index (χ3v) is 3.56. The van der Waals surface area contributed by atoms with Crippen molar-refractivity contribution in [1.82, 2.24) is 0 Å². The molecule has 0 heterocycles. The van der Waals surface area contributed by atoms with E-state index in [0.717, 1.165) is 11.1 Å². The van der Waals surface area contributed by atoms with E-state index in [1.165, 1.54) is 6.92 Å². The van der Waals surface area contributed by atoms with Gasteiger partial charge in [0.15, 0.2) is 5.78 Å². The zero-order valence-corrected chi connectivity index (χ0v) is 12.3. The van der Waals surface area contributed by atoms with E-state index in [1.54, 1.807) is 12.1 Å². The van der Waals surface area contributed by atoms with Crippen LogP contribution >= 0.6 is 0 Å². The average molecular weight is 270 g/mol. The van der Waals surface area contributed by atoms with Gasteiger partial charge >= 0.3 is 0 Å². The molecule has 0 fully saturated rings. The first-order valence-corrected chi connectivity index (χ1v) is 6.82. The van der Waals surface area contributed by atoms with Crippen LogP contribution in [0, 0.1) is 12.7 Å². The zero-order chi connectivity index (χ0) is 14.9. The highest BCUT2D eigenvalue weighted by molar-refractivity contribution is 5.95. The summed E-state index contributed by atoms with van der Waals surface area (Å²) in [5.41, 5.74) is 3.51. The molecule has 0 aliphatic rings. The molecular formula is C18H19FO. The molecule has 2 aromatic carbocycles. The molecular weight excluding hydrogens is 251 g/mol. The molecule has 0 radical (unpaired) electrons. The van der Waals surface area contributed by atoms with Crippen LogP contribution in [0.5, 0.6) is 0 Å². The van der Waals surface area contributed by atoms with Gasteiger partial charge in [0.2, 0.25) is 0 Å². The minimum absolute atomic E-state index is 0.0390. The third kappa shape index (κ3) is 2.64. The van der Waals surface area contributed by atoms with Gasteiger partial charge in [0.05, 0.1) is 0 Å². The van der Waals surface area contributed by atoms with Gasteiger partial charge in [-0.2, -0.15) is 0 Å². The summed E-state index contributed by atoms with van der Waals surface area (Å²) in [4.78, 5) is 11.7. The molecule has 0 unspecified atom stereocenters. The predicted octanol–water partition coefficient (Wildman–Crippen LogP) is 5.13. The summed E-state index contributed by atoms with van der Waals surface area (Å²) in [6, 6.07) is 11.0. The van der Waals surface area contributed by atoms with Crippen LogP contribution < -0.4 is 0 Å². The van der Waals surface area contributed by atoms with E-state index in [9.17, 15) is 9.18 Å². The fourth-order valence-electron chi connectivity index (χ4n) is 2.34. The number of halogens is 1. The zero-order valence-electron chi connectivity index (χ0n) is 12.3. The Hall–Kier alpha value is -1.96. The summed E-state index contributed by atoms with van der Waals surface area (Å²) in [6.45, 7) is 7.33. The van der Waals surface area contributed by atoms with Crippen molar-refractivity contribution in [3.63, 3.8) is 0 Å². The lowest BCUT2D eigenvalue weighted by atomic mass is 9.91. The highest BCUT2D eigenvalue weighted by Gasteiger charge is 2.17. The third-order valence-electron chi connectivity index (χ3n) is 3.56. The van der Waals surface area contributed by atoms with E-state index in [-0.39, 0.29) is 17.5 Å². The van der Waals surface area contributed by atoms with Crippen molar-refractivity contribution in [3.05, 3.63) is 58.9 Å². The molecule has 0 aromatic heterocycles. The average Bonchev–Trinajstić information content (AvgIpc) is 2.39. The quantitative estimate of drug-likeness (QED) is 0.707. The lowest BCUT2D eigenvalue weighted by Crippen LogP contribution is -2.02. The molecule has 20 heavy (non-hydrogen) atoms. The van der Waals surface area contributed by atoms with Gasteiger partial charge in [0.1, 0.15) is 5.82 Å². The van der Waals surface area contributed by atoms with Gasteiger partial charge in [-0.15, -0.1) is 0 Å². The minimum Gasteiger partial charge on any atom is -0.295 e. The number of carbonyl (C=O) groups excluding carboxylic acids is 1.